The quantitative estimate of drug-likeness (QED) is 0.821. The first kappa shape index (κ1) is 18.9. The Hall–Kier alpha value is -2.89. The number of amides is 2. The molecule has 2 N–H and O–H groups in total. The number of carbonyl (C=O) groups is 2. The first-order valence-corrected chi connectivity index (χ1v) is 9.21. The molecule has 0 radical (unpaired) electrons. The summed E-state index contributed by atoms with van der Waals surface area (Å²) in [6.45, 7) is 3.62. The molecule has 1 atom stereocenters. The van der Waals surface area contributed by atoms with Crippen LogP contribution in [0.2, 0.25) is 0 Å². The zero-order valence-electron chi connectivity index (χ0n) is 15.4. The number of likely N-dealkylation sites (tertiary alicyclic amines) is 1. The molecule has 5 nitrogen and oxygen atoms in total. The predicted molar refractivity (Wildman–Crippen MR) is 103 cm³/mol. The SMILES string of the molecule is C[C@H](NC(=O)CNc1ccc(C(=O)N2CCCC2)cc1)c1ccc(F)cc1. The van der Waals surface area contributed by atoms with Gasteiger partial charge in [-0.1, -0.05) is 12.1 Å². The summed E-state index contributed by atoms with van der Waals surface area (Å²) in [7, 11) is 0. The second-order valence-corrected chi connectivity index (χ2v) is 6.77. The van der Waals surface area contributed by atoms with Crippen LogP contribution in [0, 0.1) is 5.82 Å². The van der Waals surface area contributed by atoms with Gasteiger partial charge in [0.25, 0.3) is 5.91 Å². The minimum Gasteiger partial charge on any atom is -0.376 e. The maximum Gasteiger partial charge on any atom is 0.253 e. The average Bonchev–Trinajstić information content (AvgIpc) is 3.21. The molecule has 2 aromatic rings. The van der Waals surface area contributed by atoms with Crippen molar-refractivity contribution in [2.24, 2.45) is 0 Å². The van der Waals surface area contributed by atoms with Crippen molar-refractivity contribution in [2.75, 3.05) is 25.0 Å². The zero-order chi connectivity index (χ0) is 19.2. The lowest BCUT2D eigenvalue weighted by molar-refractivity contribution is -0.120. The van der Waals surface area contributed by atoms with Gasteiger partial charge in [0, 0.05) is 24.3 Å². The number of benzene rings is 2. The Morgan fingerprint density at radius 3 is 2.30 bits per heavy atom. The molecule has 27 heavy (non-hydrogen) atoms. The molecule has 2 aromatic carbocycles. The van der Waals surface area contributed by atoms with Gasteiger partial charge in [-0.3, -0.25) is 9.59 Å². The summed E-state index contributed by atoms with van der Waals surface area (Å²) in [5, 5.41) is 5.92. The Labute approximate surface area is 158 Å². The van der Waals surface area contributed by atoms with Crippen LogP contribution in [-0.2, 0) is 4.79 Å². The fourth-order valence-corrected chi connectivity index (χ4v) is 3.14. The summed E-state index contributed by atoms with van der Waals surface area (Å²) < 4.78 is 13.0. The van der Waals surface area contributed by atoms with Crippen LogP contribution >= 0.6 is 0 Å². The first-order valence-electron chi connectivity index (χ1n) is 9.21. The van der Waals surface area contributed by atoms with Crippen molar-refractivity contribution in [1.82, 2.24) is 10.2 Å². The topological polar surface area (TPSA) is 61.4 Å². The van der Waals surface area contributed by atoms with Gasteiger partial charge in [-0.15, -0.1) is 0 Å². The molecular formula is C21H24FN3O2. The van der Waals surface area contributed by atoms with Crippen LogP contribution < -0.4 is 10.6 Å². The van der Waals surface area contributed by atoms with Gasteiger partial charge in [0.2, 0.25) is 5.91 Å². The number of hydrogen-bond acceptors (Lipinski definition) is 3. The van der Waals surface area contributed by atoms with Crippen molar-refractivity contribution in [3.05, 3.63) is 65.5 Å². The Morgan fingerprint density at radius 2 is 1.67 bits per heavy atom. The lowest BCUT2D eigenvalue weighted by Gasteiger charge is -2.16. The van der Waals surface area contributed by atoms with Gasteiger partial charge < -0.3 is 15.5 Å². The molecule has 1 aliphatic heterocycles. The molecule has 0 unspecified atom stereocenters. The summed E-state index contributed by atoms with van der Waals surface area (Å²) in [5.41, 5.74) is 2.28. The van der Waals surface area contributed by atoms with Gasteiger partial charge in [0.05, 0.1) is 12.6 Å². The third kappa shape index (κ3) is 5.06. The van der Waals surface area contributed by atoms with Crippen LogP contribution in [0.5, 0.6) is 0 Å². The van der Waals surface area contributed by atoms with E-state index >= 15 is 0 Å². The molecule has 2 amide bonds. The van der Waals surface area contributed by atoms with Crippen molar-refractivity contribution in [2.45, 2.75) is 25.8 Å². The minimum atomic E-state index is -0.300. The van der Waals surface area contributed by atoms with E-state index in [1.165, 1.54) is 12.1 Å². The highest BCUT2D eigenvalue weighted by Crippen LogP contribution is 2.16. The van der Waals surface area contributed by atoms with Crippen LogP contribution in [-0.4, -0.2) is 36.3 Å². The minimum absolute atomic E-state index is 0.0601. The number of rotatable bonds is 6. The Kier molecular flexibility index (Phi) is 6.06. The lowest BCUT2D eigenvalue weighted by atomic mass is 10.1. The van der Waals surface area contributed by atoms with Crippen LogP contribution in [0.4, 0.5) is 10.1 Å². The van der Waals surface area contributed by atoms with Crippen LogP contribution in [0.1, 0.15) is 41.7 Å². The van der Waals surface area contributed by atoms with Gasteiger partial charge in [0.1, 0.15) is 5.82 Å². The second kappa shape index (κ2) is 8.66. The van der Waals surface area contributed by atoms with Crippen LogP contribution in [0.25, 0.3) is 0 Å². The molecule has 1 saturated heterocycles. The van der Waals surface area contributed by atoms with E-state index in [0.29, 0.717) is 5.56 Å². The average molecular weight is 369 g/mol. The van der Waals surface area contributed by atoms with Gasteiger partial charge in [0.15, 0.2) is 0 Å². The van der Waals surface area contributed by atoms with Crippen molar-refractivity contribution in [3.8, 4) is 0 Å². The van der Waals surface area contributed by atoms with Gasteiger partial charge >= 0.3 is 0 Å². The van der Waals surface area contributed by atoms with E-state index in [-0.39, 0.29) is 30.2 Å². The molecular weight excluding hydrogens is 345 g/mol. The Bertz CT molecular complexity index is 784. The smallest absolute Gasteiger partial charge is 0.253 e. The molecule has 0 aromatic heterocycles. The summed E-state index contributed by atoms with van der Waals surface area (Å²) in [6.07, 6.45) is 2.13. The van der Waals surface area contributed by atoms with Crippen LogP contribution in [0.3, 0.4) is 0 Å². The third-order valence-electron chi connectivity index (χ3n) is 4.73. The van der Waals surface area contributed by atoms with Gasteiger partial charge in [-0.25, -0.2) is 4.39 Å². The van der Waals surface area contributed by atoms with Gasteiger partial charge in [-0.05, 0) is 61.7 Å². The molecule has 142 valence electrons. The Morgan fingerprint density at radius 1 is 1.04 bits per heavy atom. The molecule has 1 fully saturated rings. The monoisotopic (exact) mass is 369 g/mol. The van der Waals surface area contributed by atoms with E-state index < -0.39 is 0 Å². The fraction of sp³-hybridized carbons (Fsp3) is 0.333. The molecule has 0 aliphatic carbocycles. The lowest BCUT2D eigenvalue weighted by Crippen LogP contribution is -2.32. The van der Waals surface area contributed by atoms with Crippen LogP contribution in [0.15, 0.2) is 48.5 Å². The highest BCUT2D eigenvalue weighted by molar-refractivity contribution is 5.94. The number of anilines is 1. The molecule has 0 saturated carbocycles. The van der Waals surface area contributed by atoms with Gasteiger partial charge in [-0.2, -0.15) is 0 Å². The van der Waals surface area contributed by atoms with Crippen molar-refractivity contribution in [3.63, 3.8) is 0 Å². The second-order valence-electron chi connectivity index (χ2n) is 6.77. The largest absolute Gasteiger partial charge is 0.376 e. The normalized spacial score (nSPS) is 14.7. The number of halogens is 1. The van der Waals surface area contributed by atoms with E-state index in [1.807, 2.05) is 11.8 Å². The van der Waals surface area contributed by atoms with E-state index in [9.17, 15) is 14.0 Å². The molecule has 6 heteroatoms. The number of hydrogen-bond donors (Lipinski definition) is 2. The molecule has 0 bridgehead atoms. The predicted octanol–water partition coefficient (Wildman–Crippen LogP) is 3.35. The molecule has 1 aliphatic rings. The Balaban J connectivity index is 1.48. The fourth-order valence-electron chi connectivity index (χ4n) is 3.14. The highest BCUT2D eigenvalue weighted by Gasteiger charge is 2.19. The van der Waals surface area contributed by atoms with E-state index in [0.717, 1.165) is 37.2 Å². The number of carbonyl (C=O) groups excluding carboxylic acids is 2. The van der Waals surface area contributed by atoms with Crippen molar-refractivity contribution in [1.29, 1.82) is 0 Å². The summed E-state index contributed by atoms with van der Waals surface area (Å²) in [4.78, 5) is 26.3. The maximum atomic E-state index is 13.0. The van der Waals surface area contributed by atoms with E-state index in [1.54, 1.807) is 36.4 Å². The summed E-state index contributed by atoms with van der Waals surface area (Å²) >= 11 is 0. The molecule has 0 spiro atoms. The summed E-state index contributed by atoms with van der Waals surface area (Å²) in [6, 6.07) is 13.0. The summed E-state index contributed by atoms with van der Waals surface area (Å²) in [5.74, 6) is -0.403. The first-order chi connectivity index (χ1) is 13.0. The maximum absolute atomic E-state index is 13.0. The number of nitrogens with one attached hydrogen (secondary N) is 2. The van der Waals surface area contributed by atoms with Crippen molar-refractivity contribution < 1.29 is 14.0 Å². The van der Waals surface area contributed by atoms with E-state index in [4.69, 9.17) is 0 Å². The zero-order valence-corrected chi connectivity index (χ0v) is 15.4. The highest BCUT2D eigenvalue weighted by atomic mass is 19.1. The molecule has 3 rings (SSSR count). The van der Waals surface area contributed by atoms with Crippen molar-refractivity contribution >= 4 is 17.5 Å². The number of nitrogens with zero attached hydrogens (tertiary/aromatic N) is 1. The molecule has 1 heterocycles. The standard InChI is InChI=1S/C21H24FN3O2/c1-15(16-4-8-18(22)9-5-16)24-20(26)14-23-19-10-6-17(7-11-19)21(27)25-12-2-3-13-25/h4-11,15,23H,2-3,12-14H2,1H3,(H,24,26)/t15-/m0/s1. The third-order valence-corrected chi connectivity index (χ3v) is 4.73. The van der Waals surface area contributed by atoms with E-state index in [2.05, 4.69) is 10.6 Å².